The Labute approximate surface area is 175 Å². The van der Waals surface area contributed by atoms with Gasteiger partial charge in [0.25, 0.3) is 0 Å². The number of aliphatic hydroxyl groups is 1. The number of nitrogens with zero attached hydrogens (tertiary/aromatic N) is 1. The van der Waals surface area contributed by atoms with Crippen LogP contribution in [-0.4, -0.2) is 48.4 Å². The van der Waals surface area contributed by atoms with Gasteiger partial charge < -0.3 is 15.6 Å². The first-order chi connectivity index (χ1) is 14.1. The molecule has 3 N–H and O–H groups in total. The Morgan fingerprint density at radius 2 is 1.90 bits per heavy atom. The van der Waals surface area contributed by atoms with E-state index in [2.05, 4.69) is 0 Å². The molecule has 1 amide bonds. The van der Waals surface area contributed by atoms with Gasteiger partial charge in [0, 0.05) is 18.5 Å². The lowest BCUT2D eigenvalue weighted by Crippen LogP contribution is -2.41. The van der Waals surface area contributed by atoms with Gasteiger partial charge in [0.2, 0.25) is 15.9 Å². The number of ether oxygens (including phenoxy) is 1. The summed E-state index contributed by atoms with van der Waals surface area (Å²) in [6, 6.07) is 9.92. The summed E-state index contributed by atoms with van der Waals surface area (Å²) in [5.74, 6) is -1.36. The lowest BCUT2D eigenvalue weighted by Gasteiger charge is -2.23. The minimum atomic E-state index is -3.99. The number of carbonyl (C=O) groups excluding carboxylic acids is 2. The predicted octanol–water partition coefficient (Wildman–Crippen LogP) is 1.27. The number of sulfonamides is 1. The molecule has 1 aliphatic rings. The van der Waals surface area contributed by atoms with Crippen molar-refractivity contribution in [1.29, 1.82) is 0 Å². The van der Waals surface area contributed by atoms with Crippen molar-refractivity contribution < 1.29 is 27.9 Å². The van der Waals surface area contributed by atoms with Crippen LogP contribution in [0.3, 0.4) is 0 Å². The standard InChI is InChI=1S/C21H24N2O6S/c1-13-6-7-18(8-14(13)2)30(27,28)23-11-17(24)10-19(23)21(26)29-12-15-4-3-5-16(9-15)20(22)25/h3-9,17,19,24H,10-12H2,1-2H3,(H2,22,25)/t17?,19-/m0/s1. The molecular weight excluding hydrogens is 408 g/mol. The number of carbonyl (C=O) groups is 2. The number of hydrogen-bond acceptors (Lipinski definition) is 6. The quantitative estimate of drug-likeness (QED) is 0.662. The average molecular weight is 432 g/mol. The molecule has 1 unspecified atom stereocenters. The van der Waals surface area contributed by atoms with E-state index in [4.69, 9.17) is 10.5 Å². The number of aliphatic hydroxyl groups excluding tert-OH is 1. The maximum absolute atomic E-state index is 13.1. The van der Waals surface area contributed by atoms with E-state index in [1.807, 2.05) is 6.92 Å². The summed E-state index contributed by atoms with van der Waals surface area (Å²) in [6.07, 6.45) is -1.02. The van der Waals surface area contributed by atoms with Gasteiger partial charge in [-0.05, 0) is 54.8 Å². The molecule has 0 aromatic heterocycles. The van der Waals surface area contributed by atoms with Crippen molar-refractivity contribution >= 4 is 21.9 Å². The zero-order valence-electron chi connectivity index (χ0n) is 16.7. The fourth-order valence-corrected chi connectivity index (χ4v) is 5.05. The minimum absolute atomic E-state index is 0.0514. The third-order valence-electron chi connectivity index (χ3n) is 5.18. The number of aryl methyl sites for hydroxylation is 2. The van der Waals surface area contributed by atoms with E-state index in [1.54, 1.807) is 37.3 Å². The molecule has 30 heavy (non-hydrogen) atoms. The van der Waals surface area contributed by atoms with Gasteiger partial charge in [-0.25, -0.2) is 8.42 Å². The molecule has 0 radical (unpaired) electrons. The van der Waals surface area contributed by atoms with E-state index < -0.39 is 34.0 Å². The molecule has 2 atom stereocenters. The summed E-state index contributed by atoms with van der Waals surface area (Å²) in [5.41, 5.74) is 7.82. The molecule has 1 saturated heterocycles. The highest BCUT2D eigenvalue weighted by Gasteiger charge is 2.44. The third-order valence-corrected chi connectivity index (χ3v) is 7.05. The normalized spacial score (nSPS) is 19.6. The first-order valence-electron chi connectivity index (χ1n) is 9.42. The Hall–Kier alpha value is -2.75. The van der Waals surface area contributed by atoms with Crippen LogP contribution >= 0.6 is 0 Å². The SMILES string of the molecule is Cc1ccc(S(=O)(=O)N2CC(O)C[C@H]2C(=O)OCc2cccc(C(N)=O)c2)cc1C. The number of primary amides is 1. The molecular formula is C21H24N2O6S. The average Bonchev–Trinajstić information content (AvgIpc) is 3.11. The van der Waals surface area contributed by atoms with E-state index in [1.165, 1.54) is 12.1 Å². The summed E-state index contributed by atoms with van der Waals surface area (Å²) in [5, 5.41) is 10.0. The molecule has 1 aliphatic heterocycles. The number of amides is 1. The first kappa shape index (κ1) is 21.9. The van der Waals surface area contributed by atoms with Gasteiger partial charge in [0.15, 0.2) is 0 Å². The Morgan fingerprint density at radius 3 is 2.57 bits per heavy atom. The van der Waals surface area contributed by atoms with Crippen LogP contribution in [0.25, 0.3) is 0 Å². The van der Waals surface area contributed by atoms with Crippen LogP contribution in [-0.2, 0) is 26.2 Å². The van der Waals surface area contributed by atoms with Crippen LogP contribution in [0.1, 0.15) is 33.5 Å². The maximum Gasteiger partial charge on any atom is 0.324 e. The second-order valence-electron chi connectivity index (χ2n) is 7.40. The fraction of sp³-hybridized carbons (Fsp3) is 0.333. The maximum atomic E-state index is 13.1. The summed E-state index contributed by atoms with van der Waals surface area (Å²) in [7, 11) is -3.99. The largest absolute Gasteiger partial charge is 0.460 e. The van der Waals surface area contributed by atoms with Crippen LogP contribution in [0.15, 0.2) is 47.4 Å². The molecule has 8 nitrogen and oxygen atoms in total. The predicted molar refractivity (Wildman–Crippen MR) is 109 cm³/mol. The number of benzene rings is 2. The number of β-amino-alcohol motifs (C(OH)–C–C–N with tert-alkyl or cyclic N) is 1. The highest BCUT2D eigenvalue weighted by molar-refractivity contribution is 7.89. The molecule has 1 heterocycles. The highest BCUT2D eigenvalue weighted by atomic mass is 32.2. The fourth-order valence-electron chi connectivity index (χ4n) is 3.34. The highest BCUT2D eigenvalue weighted by Crippen LogP contribution is 2.28. The zero-order chi connectivity index (χ0) is 22.1. The van der Waals surface area contributed by atoms with Gasteiger partial charge in [-0.15, -0.1) is 0 Å². The Bertz CT molecular complexity index is 1080. The van der Waals surface area contributed by atoms with Crippen molar-refractivity contribution in [2.45, 2.75) is 43.9 Å². The van der Waals surface area contributed by atoms with E-state index in [0.717, 1.165) is 15.4 Å². The second-order valence-corrected chi connectivity index (χ2v) is 9.29. The zero-order valence-corrected chi connectivity index (χ0v) is 17.6. The lowest BCUT2D eigenvalue weighted by atomic mass is 10.1. The Morgan fingerprint density at radius 1 is 1.17 bits per heavy atom. The first-order valence-corrected chi connectivity index (χ1v) is 10.9. The topological polar surface area (TPSA) is 127 Å². The van der Waals surface area contributed by atoms with Gasteiger partial charge in [0.05, 0.1) is 11.0 Å². The van der Waals surface area contributed by atoms with Crippen molar-refractivity contribution in [3.05, 3.63) is 64.7 Å². The van der Waals surface area contributed by atoms with Gasteiger partial charge in [-0.2, -0.15) is 4.31 Å². The van der Waals surface area contributed by atoms with Crippen LogP contribution in [0.2, 0.25) is 0 Å². The van der Waals surface area contributed by atoms with Crippen molar-refractivity contribution in [2.75, 3.05) is 6.54 Å². The van der Waals surface area contributed by atoms with Crippen LogP contribution in [0.4, 0.5) is 0 Å². The number of esters is 1. The molecule has 0 aliphatic carbocycles. The van der Waals surface area contributed by atoms with Crippen LogP contribution < -0.4 is 5.73 Å². The Balaban J connectivity index is 1.78. The van der Waals surface area contributed by atoms with Crippen molar-refractivity contribution in [1.82, 2.24) is 4.31 Å². The minimum Gasteiger partial charge on any atom is -0.460 e. The molecule has 2 aromatic rings. The van der Waals surface area contributed by atoms with Crippen LogP contribution in [0.5, 0.6) is 0 Å². The number of rotatable bonds is 6. The molecule has 0 saturated carbocycles. The van der Waals surface area contributed by atoms with E-state index in [0.29, 0.717) is 5.56 Å². The van der Waals surface area contributed by atoms with Crippen molar-refractivity contribution in [3.63, 3.8) is 0 Å². The summed E-state index contributed by atoms with van der Waals surface area (Å²) in [4.78, 5) is 24.0. The number of hydrogen-bond donors (Lipinski definition) is 2. The van der Waals surface area contributed by atoms with Crippen molar-refractivity contribution in [3.8, 4) is 0 Å². The van der Waals surface area contributed by atoms with E-state index in [-0.39, 0.29) is 30.0 Å². The monoisotopic (exact) mass is 432 g/mol. The molecule has 160 valence electrons. The van der Waals surface area contributed by atoms with Crippen molar-refractivity contribution in [2.24, 2.45) is 5.73 Å². The van der Waals surface area contributed by atoms with Gasteiger partial charge in [-0.1, -0.05) is 18.2 Å². The molecule has 2 aromatic carbocycles. The molecule has 1 fully saturated rings. The lowest BCUT2D eigenvalue weighted by molar-refractivity contribution is -0.148. The smallest absolute Gasteiger partial charge is 0.324 e. The summed E-state index contributed by atoms with van der Waals surface area (Å²) < 4.78 is 32.5. The number of nitrogens with two attached hydrogens (primary N) is 1. The van der Waals surface area contributed by atoms with Gasteiger partial charge in [-0.3, -0.25) is 9.59 Å². The second kappa shape index (κ2) is 8.55. The third kappa shape index (κ3) is 4.53. The Kier molecular flexibility index (Phi) is 6.25. The molecule has 9 heteroatoms. The molecule has 0 bridgehead atoms. The molecule has 0 spiro atoms. The summed E-state index contributed by atoms with van der Waals surface area (Å²) >= 11 is 0. The molecule has 3 rings (SSSR count). The van der Waals surface area contributed by atoms with Gasteiger partial charge in [0.1, 0.15) is 12.6 Å². The van der Waals surface area contributed by atoms with Crippen LogP contribution in [0, 0.1) is 13.8 Å². The van der Waals surface area contributed by atoms with E-state index >= 15 is 0 Å². The van der Waals surface area contributed by atoms with E-state index in [9.17, 15) is 23.1 Å². The van der Waals surface area contributed by atoms with Gasteiger partial charge >= 0.3 is 5.97 Å². The summed E-state index contributed by atoms with van der Waals surface area (Å²) in [6.45, 7) is 3.34.